The molecule has 5 heteroatoms. The summed E-state index contributed by atoms with van der Waals surface area (Å²) < 4.78 is 7.49. The summed E-state index contributed by atoms with van der Waals surface area (Å²) in [6.45, 7) is 4.28. The number of anilines is 1. The molecular formula is C19H19BrN2OS. The average molecular weight is 403 g/mol. The van der Waals surface area contributed by atoms with Crippen LogP contribution in [0.3, 0.4) is 0 Å². The third-order valence-corrected chi connectivity index (χ3v) is 5.60. The molecule has 0 amide bonds. The molecule has 0 aromatic heterocycles. The molecular weight excluding hydrogens is 384 g/mol. The van der Waals surface area contributed by atoms with Gasteiger partial charge in [0.15, 0.2) is 10.8 Å². The lowest BCUT2D eigenvalue weighted by molar-refractivity contribution is 0.0497. The summed E-state index contributed by atoms with van der Waals surface area (Å²) in [4.78, 5) is 2.11. The first-order chi connectivity index (χ1) is 11.5. The molecule has 1 fully saturated rings. The Hall–Kier alpha value is -1.59. The van der Waals surface area contributed by atoms with E-state index in [0.29, 0.717) is 5.11 Å². The van der Waals surface area contributed by atoms with E-state index in [0.717, 1.165) is 34.3 Å². The predicted molar refractivity (Wildman–Crippen MR) is 105 cm³/mol. The van der Waals surface area contributed by atoms with Gasteiger partial charge < -0.3 is 10.1 Å². The van der Waals surface area contributed by atoms with Crippen LogP contribution < -0.4 is 15.0 Å². The maximum atomic E-state index is 6.43. The highest BCUT2D eigenvalue weighted by Gasteiger charge is 2.48. The Labute approximate surface area is 156 Å². The maximum Gasteiger partial charge on any atom is 0.188 e. The molecule has 3 nitrogen and oxygen atoms in total. The number of rotatable bonds is 2. The molecule has 0 aliphatic carbocycles. The molecule has 2 unspecified atom stereocenters. The fourth-order valence-electron chi connectivity index (χ4n) is 3.65. The molecule has 2 aliphatic rings. The van der Waals surface area contributed by atoms with E-state index in [2.05, 4.69) is 70.3 Å². The van der Waals surface area contributed by atoms with E-state index in [1.807, 2.05) is 12.1 Å². The Morgan fingerprint density at radius 1 is 1.33 bits per heavy atom. The number of aryl methyl sites for hydroxylation is 1. The summed E-state index contributed by atoms with van der Waals surface area (Å²) in [5.74, 6) is 0.920. The second-order valence-corrected chi connectivity index (χ2v) is 7.83. The molecule has 24 heavy (non-hydrogen) atoms. The summed E-state index contributed by atoms with van der Waals surface area (Å²) in [5.41, 5.74) is 3.04. The molecule has 1 N–H and O–H groups in total. The van der Waals surface area contributed by atoms with E-state index in [1.54, 1.807) is 0 Å². The molecule has 2 heterocycles. The topological polar surface area (TPSA) is 24.5 Å². The predicted octanol–water partition coefficient (Wildman–Crippen LogP) is 4.95. The number of halogens is 1. The van der Waals surface area contributed by atoms with Gasteiger partial charge in [-0.1, -0.05) is 35.0 Å². The molecule has 0 radical (unpaired) electrons. The van der Waals surface area contributed by atoms with E-state index < -0.39 is 5.72 Å². The molecule has 2 aromatic rings. The zero-order valence-electron chi connectivity index (χ0n) is 13.7. The summed E-state index contributed by atoms with van der Waals surface area (Å²) >= 11 is 9.25. The summed E-state index contributed by atoms with van der Waals surface area (Å²) in [6, 6.07) is 14.9. The Morgan fingerprint density at radius 2 is 2.17 bits per heavy atom. The van der Waals surface area contributed by atoms with E-state index in [9.17, 15) is 0 Å². The van der Waals surface area contributed by atoms with Gasteiger partial charge in [0.25, 0.3) is 0 Å². The van der Waals surface area contributed by atoms with E-state index in [4.69, 9.17) is 17.0 Å². The van der Waals surface area contributed by atoms with E-state index in [1.165, 1.54) is 5.56 Å². The fraction of sp³-hybridized carbons (Fsp3) is 0.316. The van der Waals surface area contributed by atoms with E-state index >= 15 is 0 Å². The number of nitrogens with one attached hydrogen (secondary N) is 1. The first-order valence-corrected chi connectivity index (χ1v) is 9.38. The maximum absolute atomic E-state index is 6.43. The van der Waals surface area contributed by atoms with Crippen LogP contribution in [-0.2, 0) is 6.42 Å². The lowest BCUT2D eigenvalue weighted by Gasteiger charge is -2.52. The lowest BCUT2D eigenvalue weighted by atomic mass is 9.90. The minimum atomic E-state index is -0.486. The van der Waals surface area contributed by atoms with Crippen molar-refractivity contribution < 1.29 is 4.74 Å². The number of hydrogen-bond acceptors (Lipinski definition) is 2. The Morgan fingerprint density at radius 3 is 2.96 bits per heavy atom. The Kier molecular flexibility index (Phi) is 3.81. The number of hydrogen-bond donors (Lipinski definition) is 1. The van der Waals surface area contributed by atoms with Gasteiger partial charge in [-0.25, -0.2) is 0 Å². The van der Waals surface area contributed by atoms with Gasteiger partial charge in [-0.3, -0.25) is 4.90 Å². The van der Waals surface area contributed by atoms with Crippen molar-refractivity contribution in [1.29, 1.82) is 0 Å². The largest absolute Gasteiger partial charge is 0.467 e. The number of fused-ring (bicyclic) bond motifs is 4. The summed E-state index contributed by atoms with van der Waals surface area (Å²) in [6.07, 6.45) is 1.84. The van der Waals surface area contributed by atoms with Crippen LogP contribution in [0, 0.1) is 0 Å². The monoisotopic (exact) mass is 402 g/mol. The zero-order chi connectivity index (χ0) is 16.9. The van der Waals surface area contributed by atoms with Gasteiger partial charge in [0.05, 0.1) is 6.04 Å². The normalized spacial score (nSPS) is 24.9. The van der Waals surface area contributed by atoms with Crippen LogP contribution in [0.2, 0.25) is 0 Å². The van der Waals surface area contributed by atoms with Crippen molar-refractivity contribution in [3.63, 3.8) is 0 Å². The van der Waals surface area contributed by atoms with Crippen molar-refractivity contribution >= 4 is 38.9 Å². The first-order valence-electron chi connectivity index (χ1n) is 8.18. The summed E-state index contributed by atoms with van der Waals surface area (Å²) in [5, 5.41) is 4.21. The van der Waals surface area contributed by atoms with Crippen molar-refractivity contribution in [1.82, 2.24) is 5.32 Å². The number of nitrogens with zero attached hydrogens (tertiary/aromatic N) is 1. The van der Waals surface area contributed by atoms with E-state index in [-0.39, 0.29) is 6.04 Å². The summed E-state index contributed by atoms with van der Waals surface area (Å²) in [7, 11) is 0. The molecule has 2 bridgehead atoms. The second-order valence-electron chi connectivity index (χ2n) is 6.52. The number of ether oxygens (including phenoxy) is 1. The van der Waals surface area contributed by atoms with Crippen LogP contribution in [0.1, 0.15) is 37.4 Å². The second kappa shape index (κ2) is 5.74. The van der Waals surface area contributed by atoms with Crippen molar-refractivity contribution in [3.8, 4) is 5.75 Å². The van der Waals surface area contributed by atoms with Crippen LogP contribution in [0.25, 0.3) is 0 Å². The number of benzene rings is 2. The molecule has 0 saturated carbocycles. The molecule has 2 aromatic carbocycles. The highest BCUT2D eigenvalue weighted by Crippen LogP contribution is 2.46. The fourth-order valence-corrected chi connectivity index (χ4v) is 4.47. The third-order valence-electron chi connectivity index (χ3n) is 4.81. The molecule has 124 valence electrons. The van der Waals surface area contributed by atoms with Crippen molar-refractivity contribution in [2.45, 2.75) is 38.5 Å². The standard InChI is InChI=1S/C19H19BrN2OS/c1-3-12-5-4-6-14(9-12)22-18(24)21-16-11-19(22,2)23-17-8-7-13(20)10-15(16)17/h4-10,16H,3,11H2,1-2H3,(H,21,24). The van der Waals surface area contributed by atoms with Gasteiger partial charge in [-0.2, -0.15) is 0 Å². The highest BCUT2D eigenvalue weighted by molar-refractivity contribution is 9.10. The van der Waals surface area contributed by atoms with Gasteiger partial charge in [-0.15, -0.1) is 0 Å². The third kappa shape index (κ3) is 2.50. The van der Waals surface area contributed by atoms with Crippen molar-refractivity contribution in [2.75, 3.05) is 4.90 Å². The van der Waals surface area contributed by atoms with Crippen LogP contribution in [-0.4, -0.2) is 10.8 Å². The van der Waals surface area contributed by atoms with Gasteiger partial charge in [-0.05, 0) is 61.5 Å². The molecule has 0 spiro atoms. The smallest absolute Gasteiger partial charge is 0.188 e. The molecule has 2 atom stereocenters. The Bertz CT molecular complexity index is 825. The quantitative estimate of drug-likeness (QED) is 0.718. The Balaban J connectivity index is 1.79. The van der Waals surface area contributed by atoms with Gasteiger partial charge in [0, 0.05) is 22.1 Å². The van der Waals surface area contributed by atoms with Crippen LogP contribution >= 0.6 is 28.1 Å². The van der Waals surface area contributed by atoms with Gasteiger partial charge in [0.1, 0.15) is 5.75 Å². The first kappa shape index (κ1) is 15.9. The molecule has 2 aliphatic heterocycles. The lowest BCUT2D eigenvalue weighted by Crippen LogP contribution is -2.65. The van der Waals surface area contributed by atoms with Crippen molar-refractivity contribution in [2.24, 2.45) is 0 Å². The zero-order valence-corrected chi connectivity index (χ0v) is 16.1. The highest BCUT2D eigenvalue weighted by atomic mass is 79.9. The minimum Gasteiger partial charge on any atom is -0.467 e. The molecule has 4 rings (SSSR count). The van der Waals surface area contributed by atoms with Crippen LogP contribution in [0.5, 0.6) is 5.75 Å². The van der Waals surface area contributed by atoms with Gasteiger partial charge >= 0.3 is 0 Å². The SMILES string of the molecule is CCc1cccc(N2C(=S)NC3CC2(C)Oc2ccc(Br)cc23)c1. The van der Waals surface area contributed by atoms with Gasteiger partial charge in [0.2, 0.25) is 0 Å². The molecule has 1 saturated heterocycles. The van der Waals surface area contributed by atoms with Crippen LogP contribution in [0.4, 0.5) is 5.69 Å². The minimum absolute atomic E-state index is 0.175. The average Bonchev–Trinajstić information content (AvgIpc) is 2.55. The van der Waals surface area contributed by atoms with Crippen molar-refractivity contribution in [3.05, 3.63) is 58.1 Å². The number of thiocarbonyl (C=S) groups is 1. The van der Waals surface area contributed by atoms with Crippen LogP contribution in [0.15, 0.2) is 46.9 Å².